The molecule has 0 aliphatic rings. The summed E-state index contributed by atoms with van der Waals surface area (Å²) in [6, 6.07) is 6.76. The number of hydrogen-bond acceptors (Lipinski definition) is 3. The monoisotopic (exact) mass is 250 g/mol. The standard InChI is InChI=1S/C14H19FN2O/c1-11(2)17(4-5-18-3)10-13-6-12(9-16)7-14(15)8-13/h6-8,11H,4-5,10H2,1-3H3. The number of halogens is 1. The van der Waals surface area contributed by atoms with E-state index in [0.29, 0.717) is 24.8 Å². The maximum Gasteiger partial charge on any atom is 0.124 e. The van der Waals surface area contributed by atoms with Crippen LogP contribution in [0.3, 0.4) is 0 Å². The van der Waals surface area contributed by atoms with Gasteiger partial charge in [-0.15, -0.1) is 0 Å². The molecule has 0 spiro atoms. The maximum atomic E-state index is 13.3. The van der Waals surface area contributed by atoms with Gasteiger partial charge in [0.25, 0.3) is 0 Å². The molecule has 1 aromatic carbocycles. The molecule has 0 radical (unpaired) electrons. The van der Waals surface area contributed by atoms with Gasteiger partial charge in [-0.3, -0.25) is 4.90 Å². The molecule has 0 atom stereocenters. The van der Waals surface area contributed by atoms with E-state index in [-0.39, 0.29) is 5.82 Å². The fraction of sp³-hybridized carbons (Fsp3) is 0.500. The Morgan fingerprint density at radius 2 is 2.11 bits per heavy atom. The van der Waals surface area contributed by atoms with E-state index < -0.39 is 0 Å². The summed E-state index contributed by atoms with van der Waals surface area (Å²) < 4.78 is 18.4. The fourth-order valence-corrected chi connectivity index (χ4v) is 1.77. The Labute approximate surface area is 108 Å². The molecule has 0 aliphatic heterocycles. The van der Waals surface area contributed by atoms with Crippen molar-refractivity contribution in [3.63, 3.8) is 0 Å². The van der Waals surface area contributed by atoms with E-state index in [0.717, 1.165) is 12.1 Å². The summed E-state index contributed by atoms with van der Waals surface area (Å²) in [4.78, 5) is 2.18. The number of nitrogens with zero attached hydrogens (tertiary/aromatic N) is 2. The molecule has 3 nitrogen and oxygen atoms in total. The Balaban J connectivity index is 2.80. The highest BCUT2D eigenvalue weighted by molar-refractivity contribution is 5.33. The average Bonchev–Trinajstić information content (AvgIpc) is 2.33. The lowest BCUT2D eigenvalue weighted by Crippen LogP contribution is -2.33. The van der Waals surface area contributed by atoms with Gasteiger partial charge in [0, 0.05) is 26.2 Å². The van der Waals surface area contributed by atoms with Gasteiger partial charge in [-0.05, 0) is 37.6 Å². The summed E-state index contributed by atoms with van der Waals surface area (Å²) >= 11 is 0. The minimum atomic E-state index is -0.362. The number of rotatable bonds is 6. The van der Waals surface area contributed by atoms with E-state index in [1.807, 2.05) is 6.07 Å². The van der Waals surface area contributed by atoms with Gasteiger partial charge in [0.1, 0.15) is 5.82 Å². The predicted molar refractivity (Wildman–Crippen MR) is 68.5 cm³/mol. The average molecular weight is 250 g/mol. The van der Waals surface area contributed by atoms with Gasteiger partial charge in [0.15, 0.2) is 0 Å². The highest BCUT2D eigenvalue weighted by atomic mass is 19.1. The molecular formula is C14H19FN2O. The topological polar surface area (TPSA) is 36.3 Å². The lowest BCUT2D eigenvalue weighted by molar-refractivity contribution is 0.125. The van der Waals surface area contributed by atoms with Crippen LogP contribution in [0.15, 0.2) is 18.2 Å². The smallest absolute Gasteiger partial charge is 0.124 e. The summed E-state index contributed by atoms with van der Waals surface area (Å²) in [6.07, 6.45) is 0. The fourth-order valence-electron chi connectivity index (χ4n) is 1.77. The third kappa shape index (κ3) is 4.44. The van der Waals surface area contributed by atoms with Crippen molar-refractivity contribution in [3.05, 3.63) is 35.1 Å². The first-order valence-corrected chi connectivity index (χ1v) is 5.99. The van der Waals surface area contributed by atoms with Crippen LogP contribution < -0.4 is 0 Å². The van der Waals surface area contributed by atoms with Crippen molar-refractivity contribution in [1.82, 2.24) is 4.90 Å². The Morgan fingerprint density at radius 1 is 1.39 bits per heavy atom. The van der Waals surface area contributed by atoms with Crippen LogP contribution in [0.5, 0.6) is 0 Å². The van der Waals surface area contributed by atoms with Crippen LogP contribution in [0.25, 0.3) is 0 Å². The lowest BCUT2D eigenvalue weighted by Gasteiger charge is -2.26. The van der Waals surface area contributed by atoms with Crippen molar-refractivity contribution in [1.29, 1.82) is 5.26 Å². The molecule has 0 aliphatic carbocycles. The predicted octanol–water partition coefficient (Wildman–Crippen LogP) is 2.55. The van der Waals surface area contributed by atoms with Crippen molar-refractivity contribution in [2.75, 3.05) is 20.3 Å². The molecule has 0 fully saturated rings. The van der Waals surface area contributed by atoms with Crippen molar-refractivity contribution >= 4 is 0 Å². The first-order valence-electron chi connectivity index (χ1n) is 5.99. The summed E-state index contributed by atoms with van der Waals surface area (Å²) in [6.45, 7) is 6.21. The molecule has 0 saturated heterocycles. The van der Waals surface area contributed by atoms with Crippen molar-refractivity contribution < 1.29 is 9.13 Å². The van der Waals surface area contributed by atoms with Crippen LogP contribution in [-0.4, -0.2) is 31.2 Å². The number of methoxy groups -OCH3 is 1. The molecule has 4 heteroatoms. The second-order valence-corrected chi connectivity index (χ2v) is 4.52. The van der Waals surface area contributed by atoms with Crippen LogP contribution in [0.2, 0.25) is 0 Å². The van der Waals surface area contributed by atoms with E-state index >= 15 is 0 Å². The van der Waals surface area contributed by atoms with Crippen molar-refractivity contribution in [2.24, 2.45) is 0 Å². The molecule has 0 heterocycles. The number of nitriles is 1. The van der Waals surface area contributed by atoms with E-state index in [1.54, 1.807) is 13.2 Å². The zero-order valence-electron chi connectivity index (χ0n) is 11.1. The van der Waals surface area contributed by atoms with Crippen LogP contribution in [0, 0.1) is 17.1 Å². The zero-order valence-corrected chi connectivity index (χ0v) is 11.1. The van der Waals surface area contributed by atoms with Crippen LogP contribution in [0.1, 0.15) is 25.0 Å². The largest absolute Gasteiger partial charge is 0.383 e. The summed E-state index contributed by atoms with van der Waals surface area (Å²) in [5.41, 5.74) is 1.18. The molecule has 18 heavy (non-hydrogen) atoms. The molecule has 0 unspecified atom stereocenters. The van der Waals surface area contributed by atoms with Gasteiger partial charge in [0.2, 0.25) is 0 Å². The van der Waals surface area contributed by atoms with Crippen LogP contribution in [0.4, 0.5) is 4.39 Å². The second kappa shape index (κ2) is 7.10. The minimum absolute atomic E-state index is 0.342. The molecular weight excluding hydrogens is 231 g/mol. The van der Waals surface area contributed by atoms with Crippen molar-refractivity contribution in [3.8, 4) is 6.07 Å². The Kier molecular flexibility index (Phi) is 5.76. The Bertz CT molecular complexity index is 426. The molecule has 0 saturated carbocycles. The Morgan fingerprint density at radius 3 is 2.67 bits per heavy atom. The van der Waals surface area contributed by atoms with Gasteiger partial charge in [0.05, 0.1) is 18.2 Å². The highest BCUT2D eigenvalue weighted by Gasteiger charge is 2.11. The van der Waals surface area contributed by atoms with Gasteiger partial charge in [-0.25, -0.2) is 4.39 Å². The van der Waals surface area contributed by atoms with Gasteiger partial charge >= 0.3 is 0 Å². The van der Waals surface area contributed by atoms with Crippen molar-refractivity contribution in [2.45, 2.75) is 26.4 Å². The number of benzene rings is 1. The summed E-state index contributed by atoms with van der Waals surface area (Å²) in [5.74, 6) is -0.362. The molecule has 0 amide bonds. The summed E-state index contributed by atoms with van der Waals surface area (Å²) in [5, 5.41) is 8.82. The third-order valence-corrected chi connectivity index (χ3v) is 2.79. The second-order valence-electron chi connectivity index (χ2n) is 4.52. The highest BCUT2D eigenvalue weighted by Crippen LogP contribution is 2.12. The van der Waals surface area contributed by atoms with Crippen LogP contribution >= 0.6 is 0 Å². The molecule has 1 aromatic rings. The minimum Gasteiger partial charge on any atom is -0.383 e. The Hall–Kier alpha value is -1.44. The summed E-state index contributed by atoms with van der Waals surface area (Å²) in [7, 11) is 1.66. The maximum absolute atomic E-state index is 13.3. The van der Waals surface area contributed by atoms with E-state index in [9.17, 15) is 4.39 Å². The molecule has 98 valence electrons. The van der Waals surface area contributed by atoms with E-state index in [4.69, 9.17) is 10.00 Å². The quantitative estimate of drug-likeness (QED) is 0.778. The van der Waals surface area contributed by atoms with E-state index in [2.05, 4.69) is 18.7 Å². The lowest BCUT2D eigenvalue weighted by atomic mass is 10.1. The molecule has 0 N–H and O–H groups in total. The van der Waals surface area contributed by atoms with Gasteiger partial charge < -0.3 is 4.74 Å². The number of hydrogen-bond donors (Lipinski definition) is 0. The first kappa shape index (κ1) is 14.6. The zero-order chi connectivity index (χ0) is 13.5. The van der Waals surface area contributed by atoms with Gasteiger partial charge in [-0.2, -0.15) is 5.26 Å². The number of ether oxygens (including phenoxy) is 1. The van der Waals surface area contributed by atoms with Gasteiger partial charge in [-0.1, -0.05) is 0 Å². The molecule has 0 aromatic heterocycles. The SMILES string of the molecule is COCCN(Cc1cc(F)cc(C#N)c1)C(C)C. The third-order valence-electron chi connectivity index (χ3n) is 2.79. The molecule has 1 rings (SSSR count). The first-order chi connectivity index (χ1) is 8.56. The van der Waals surface area contributed by atoms with E-state index in [1.165, 1.54) is 12.1 Å². The normalized spacial score (nSPS) is 10.9. The van der Waals surface area contributed by atoms with Crippen LogP contribution in [-0.2, 0) is 11.3 Å². The molecule has 0 bridgehead atoms.